The molecule has 206 valence electrons. The fourth-order valence-corrected chi connectivity index (χ4v) is 7.27. The summed E-state index contributed by atoms with van der Waals surface area (Å²) in [7, 11) is 0. The molecule has 0 radical (unpaired) electrons. The first kappa shape index (κ1) is 25.8. The van der Waals surface area contributed by atoms with Gasteiger partial charge in [0.25, 0.3) is 5.56 Å². The van der Waals surface area contributed by atoms with Crippen LogP contribution in [0.2, 0.25) is 0 Å². The van der Waals surface area contributed by atoms with Crippen LogP contribution in [0.15, 0.2) is 94.4 Å². The van der Waals surface area contributed by atoms with Crippen LogP contribution < -0.4 is 19.6 Å². The highest BCUT2D eigenvalue weighted by Gasteiger charge is 2.32. The maximum Gasteiger partial charge on any atom is 0.271 e. The molecule has 0 amide bonds. The minimum Gasteiger partial charge on any atom is -0.494 e. The van der Waals surface area contributed by atoms with Gasteiger partial charge in [0.15, 0.2) is 4.80 Å². The van der Waals surface area contributed by atoms with Gasteiger partial charge >= 0.3 is 0 Å². The molecule has 2 aromatic heterocycles. The second-order valence-corrected chi connectivity index (χ2v) is 11.8. The number of unbranched alkanes of at least 4 members (excludes halogenated alkanes) is 1. The molecule has 0 saturated heterocycles. The zero-order chi connectivity index (χ0) is 27.9. The molecule has 1 aliphatic heterocycles. The van der Waals surface area contributed by atoms with Gasteiger partial charge in [0, 0.05) is 34.8 Å². The number of aromatic nitrogens is 2. The van der Waals surface area contributed by atoms with Crippen molar-refractivity contribution in [3.8, 4) is 5.75 Å². The van der Waals surface area contributed by atoms with E-state index in [4.69, 9.17) is 9.73 Å². The molecule has 0 saturated carbocycles. The van der Waals surface area contributed by atoms with Gasteiger partial charge in [-0.3, -0.25) is 9.36 Å². The Labute approximate surface area is 243 Å². The van der Waals surface area contributed by atoms with Gasteiger partial charge in [-0.2, -0.15) is 0 Å². The molecule has 0 fully saturated rings. The first-order chi connectivity index (χ1) is 20.2. The van der Waals surface area contributed by atoms with E-state index in [0.29, 0.717) is 11.1 Å². The molecule has 1 aliphatic carbocycles. The molecule has 2 aliphatic rings. The number of nitrogens with zero attached hydrogens (tertiary/aromatic N) is 3. The van der Waals surface area contributed by atoms with Gasteiger partial charge in [-0.05, 0) is 67.2 Å². The predicted octanol–water partition coefficient (Wildman–Crippen LogP) is 6.47. The van der Waals surface area contributed by atoms with E-state index in [9.17, 15) is 4.79 Å². The van der Waals surface area contributed by atoms with Crippen LogP contribution in [-0.4, -0.2) is 15.7 Å². The van der Waals surface area contributed by atoms with Crippen LogP contribution in [0, 0.1) is 0 Å². The zero-order valence-corrected chi connectivity index (χ0v) is 24.3. The molecule has 0 bridgehead atoms. The summed E-state index contributed by atoms with van der Waals surface area (Å²) in [6.45, 7) is 5.79. The maximum absolute atomic E-state index is 14.2. The van der Waals surface area contributed by atoms with Crippen molar-refractivity contribution in [2.45, 2.75) is 52.1 Å². The quantitative estimate of drug-likeness (QED) is 0.229. The Kier molecular flexibility index (Phi) is 6.71. The van der Waals surface area contributed by atoms with E-state index in [1.54, 1.807) is 0 Å². The van der Waals surface area contributed by atoms with E-state index in [0.717, 1.165) is 59.6 Å². The van der Waals surface area contributed by atoms with Crippen LogP contribution in [0.25, 0.3) is 22.7 Å². The lowest BCUT2D eigenvalue weighted by Crippen LogP contribution is -2.38. The number of allylic oxidation sites excluding steroid dienone is 1. The van der Waals surface area contributed by atoms with Crippen molar-refractivity contribution in [3.05, 3.63) is 127 Å². The zero-order valence-electron chi connectivity index (χ0n) is 23.5. The van der Waals surface area contributed by atoms with E-state index in [1.807, 2.05) is 23.6 Å². The Morgan fingerprint density at radius 2 is 1.80 bits per heavy atom. The Bertz CT molecular complexity index is 1970. The molecular formula is C35H33N3O2S. The normalized spacial score (nSPS) is 16.3. The van der Waals surface area contributed by atoms with Crippen molar-refractivity contribution in [3.63, 3.8) is 0 Å². The first-order valence-corrected chi connectivity index (χ1v) is 15.4. The van der Waals surface area contributed by atoms with E-state index in [-0.39, 0.29) is 11.6 Å². The van der Waals surface area contributed by atoms with Gasteiger partial charge in [0.1, 0.15) is 5.75 Å². The van der Waals surface area contributed by atoms with Crippen molar-refractivity contribution in [1.82, 2.24) is 9.13 Å². The summed E-state index contributed by atoms with van der Waals surface area (Å²) < 4.78 is 10.7. The van der Waals surface area contributed by atoms with Gasteiger partial charge < -0.3 is 9.30 Å². The Morgan fingerprint density at radius 1 is 1.00 bits per heavy atom. The second-order valence-electron chi connectivity index (χ2n) is 10.8. The molecule has 1 atom stereocenters. The summed E-state index contributed by atoms with van der Waals surface area (Å²) in [6, 6.07) is 25.1. The molecule has 0 unspecified atom stereocenters. The Balaban J connectivity index is 1.43. The van der Waals surface area contributed by atoms with Crippen LogP contribution in [0.5, 0.6) is 5.75 Å². The third-order valence-electron chi connectivity index (χ3n) is 8.24. The van der Waals surface area contributed by atoms with Crippen molar-refractivity contribution in [2.75, 3.05) is 6.61 Å². The lowest BCUT2D eigenvalue weighted by atomic mass is 9.83. The van der Waals surface area contributed by atoms with Crippen LogP contribution in [-0.2, 0) is 13.0 Å². The van der Waals surface area contributed by atoms with Crippen LogP contribution in [0.3, 0.4) is 0 Å². The van der Waals surface area contributed by atoms with Crippen LogP contribution >= 0.6 is 11.3 Å². The number of ether oxygens (including phenoxy) is 1. The number of thiazole rings is 1. The molecule has 5 nitrogen and oxygen atoms in total. The first-order valence-electron chi connectivity index (χ1n) is 14.6. The van der Waals surface area contributed by atoms with Crippen molar-refractivity contribution < 1.29 is 4.74 Å². The predicted molar refractivity (Wildman–Crippen MR) is 167 cm³/mol. The minimum atomic E-state index is -0.196. The van der Waals surface area contributed by atoms with Gasteiger partial charge in [-0.15, -0.1) is 0 Å². The fourth-order valence-electron chi connectivity index (χ4n) is 6.28. The summed E-state index contributed by atoms with van der Waals surface area (Å²) >= 11 is 1.49. The van der Waals surface area contributed by atoms with Crippen molar-refractivity contribution >= 4 is 34.0 Å². The third kappa shape index (κ3) is 4.47. The number of para-hydroxylation sites is 1. The number of fused-ring (bicyclic) bond motifs is 4. The van der Waals surface area contributed by atoms with E-state index < -0.39 is 0 Å². The molecular weight excluding hydrogens is 526 g/mol. The number of benzene rings is 3. The number of rotatable bonds is 7. The average molecular weight is 560 g/mol. The van der Waals surface area contributed by atoms with Crippen molar-refractivity contribution in [2.24, 2.45) is 4.99 Å². The highest BCUT2D eigenvalue weighted by Crippen LogP contribution is 2.41. The summed E-state index contributed by atoms with van der Waals surface area (Å²) in [5.74, 6) is 0.839. The monoisotopic (exact) mass is 559 g/mol. The highest BCUT2D eigenvalue weighted by atomic mass is 32.1. The molecule has 0 spiro atoms. The lowest BCUT2D eigenvalue weighted by Gasteiger charge is -2.30. The topological polar surface area (TPSA) is 48.5 Å². The molecule has 41 heavy (non-hydrogen) atoms. The highest BCUT2D eigenvalue weighted by molar-refractivity contribution is 7.07. The molecule has 3 aromatic carbocycles. The number of hydrogen-bond donors (Lipinski definition) is 0. The second kappa shape index (κ2) is 10.7. The summed E-state index contributed by atoms with van der Waals surface area (Å²) in [5.41, 5.74) is 8.12. The van der Waals surface area contributed by atoms with Gasteiger partial charge in [0.2, 0.25) is 0 Å². The van der Waals surface area contributed by atoms with Crippen LogP contribution in [0.1, 0.15) is 61.4 Å². The van der Waals surface area contributed by atoms with E-state index in [2.05, 4.69) is 84.4 Å². The van der Waals surface area contributed by atoms with E-state index >= 15 is 0 Å². The van der Waals surface area contributed by atoms with Gasteiger partial charge in [-0.25, -0.2) is 4.99 Å². The summed E-state index contributed by atoms with van der Waals surface area (Å²) in [4.78, 5) is 20.2. The molecule has 3 heterocycles. The SMILES string of the molecule is CCCCn1cc(C=c2sc3n(c2=O)[C@H](c2ccc(OCC)cc2)C2=C(N=3)c3ccccc3CC2)c2ccccc21. The maximum atomic E-state index is 14.2. The number of aryl methyl sites for hydroxylation is 2. The molecule has 5 aromatic rings. The van der Waals surface area contributed by atoms with Crippen LogP contribution in [0.4, 0.5) is 0 Å². The fraction of sp³-hybridized carbons (Fsp3) is 0.257. The average Bonchev–Trinajstić information content (AvgIpc) is 3.52. The number of hydrogen-bond acceptors (Lipinski definition) is 4. The smallest absolute Gasteiger partial charge is 0.271 e. The van der Waals surface area contributed by atoms with Crippen molar-refractivity contribution in [1.29, 1.82) is 0 Å². The van der Waals surface area contributed by atoms with Gasteiger partial charge in [-0.1, -0.05) is 79.3 Å². The summed E-state index contributed by atoms with van der Waals surface area (Å²) in [5, 5.41) is 1.17. The standard InChI is InChI=1S/C35H33N3O2S/c1-3-5-20-37-22-25(27-11-8-9-13-30(27)37)21-31-34(39)38-33(24-14-17-26(18-15-24)40-4-2)29-19-16-23-10-6-7-12-28(23)32(29)36-35(38)41-31/h6-15,17-18,21-22,33H,3-5,16,19-20H2,1-2H3/t33-/m1/s1. The molecule has 0 N–H and O–H groups in total. The molecule has 6 heteroatoms. The lowest BCUT2D eigenvalue weighted by molar-refractivity contribution is 0.340. The Morgan fingerprint density at radius 3 is 2.63 bits per heavy atom. The minimum absolute atomic E-state index is 0.0171. The third-order valence-corrected chi connectivity index (χ3v) is 9.22. The summed E-state index contributed by atoms with van der Waals surface area (Å²) in [6.07, 6.45) is 8.35. The van der Waals surface area contributed by atoms with E-state index in [1.165, 1.54) is 38.9 Å². The largest absolute Gasteiger partial charge is 0.494 e. The molecule has 7 rings (SSSR count). The Hall–Kier alpha value is -4.16. The van der Waals surface area contributed by atoms with Gasteiger partial charge in [0.05, 0.1) is 22.9 Å².